The van der Waals surface area contributed by atoms with Crippen molar-refractivity contribution in [2.24, 2.45) is 5.92 Å². The van der Waals surface area contributed by atoms with Crippen LogP contribution >= 0.6 is 0 Å². The van der Waals surface area contributed by atoms with Crippen molar-refractivity contribution in [2.45, 2.75) is 20.3 Å². The lowest BCUT2D eigenvalue weighted by Crippen LogP contribution is -2.25. The molecule has 92 valence electrons. The number of hydrogen-bond donors (Lipinski definition) is 0. The van der Waals surface area contributed by atoms with E-state index in [-0.39, 0.29) is 5.56 Å². The van der Waals surface area contributed by atoms with Gasteiger partial charge in [-0.2, -0.15) is 0 Å². The molecule has 0 saturated carbocycles. The highest BCUT2D eigenvalue weighted by Crippen LogP contribution is 2.19. The van der Waals surface area contributed by atoms with Gasteiger partial charge >= 0.3 is 5.97 Å². The number of ether oxygens (including phenoxy) is 1. The Morgan fingerprint density at radius 2 is 2.06 bits per heavy atom. The smallest absolute Gasteiger partial charge is 0.316 e. The Morgan fingerprint density at radius 3 is 2.59 bits per heavy atom. The molecule has 17 heavy (non-hydrogen) atoms. The maximum atomic E-state index is 13.7. The minimum absolute atomic E-state index is 0.0535. The van der Waals surface area contributed by atoms with Crippen LogP contribution in [0.1, 0.15) is 29.3 Å². The number of hydrogen-bond acceptors (Lipinski definition) is 3. The Labute approximate surface area is 99.6 Å². The van der Waals surface area contributed by atoms with Gasteiger partial charge in [0.1, 0.15) is 11.7 Å². The number of carbonyl (C=O) groups excluding carboxylic acids is 2. The van der Waals surface area contributed by atoms with Gasteiger partial charge in [0, 0.05) is 0 Å². The molecule has 0 radical (unpaired) electrons. The molecule has 1 aromatic rings. The van der Waals surface area contributed by atoms with Crippen molar-refractivity contribution in [1.29, 1.82) is 0 Å². The van der Waals surface area contributed by atoms with Gasteiger partial charge in [0.2, 0.25) is 0 Å². The van der Waals surface area contributed by atoms with Crippen LogP contribution < -0.4 is 0 Å². The van der Waals surface area contributed by atoms with Crippen LogP contribution in [0, 0.1) is 18.7 Å². The van der Waals surface area contributed by atoms with E-state index < -0.39 is 23.5 Å². The van der Waals surface area contributed by atoms with E-state index in [1.807, 2.05) is 0 Å². The van der Waals surface area contributed by atoms with Gasteiger partial charge in [-0.15, -0.1) is 0 Å². The topological polar surface area (TPSA) is 43.4 Å². The number of halogens is 1. The Bertz CT molecular complexity index is 440. The highest BCUT2D eigenvalue weighted by atomic mass is 19.1. The summed E-state index contributed by atoms with van der Waals surface area (Å²) in [6.45, 7) is 3.26. The third-order valence-corrected chi connectivity index (χ3v) is 2.67. The van der Waals surface area contributed by atoms with Crippen molar-refractivity contribution in [3.8, 4) is 0 Å². The van der Waals surface area contributed by atoms with Crippen molar-refractivity contribution >= 4 is 11.8 Å². The first-order valence-corrected chi connectivity index (χ1v) is 5.40. The Kier molecular flexibility index (Phi) is 4.37. The molecule has 3 nitrogen and oxygen atoms in total. The lowest BCUT2D eigenvalue weighted by Gasteiger charge is -2.12. The zero-order valence-corrected chi connectivity index (χ0v) is 10.1. The molecular formula is C13H15FO3. The second-order valence-electron chi connectivity index (χ2n) is 3.78. The van der Waals surface area contributed by atoms with E-state index in [4.69, 9.17) is 0 Å². The first-order chi connectivity index (χ1) is 8.02. The molecule has 0 heterocycles. The average molecular weight is 238 g/mol. The molecule has 0 fully saturated rings. The fourth-order valence-electron chi connectivity index (χ4n) is 1.63. The van der Waals surface area contributed by atoms with Gasteiger partial charge in [0.25, 0.3) is 0 Å². The zero-order valence-electron chi connectivity index (χ0n) is 10.1. The number of carbonyl (C=O) groups is 2. The summed E-state index contributed by atoms with van der Waals surface area (Å²) >= 11 is 0. The van der Waals surface area contributed by atoms with Crippen molar-refractivity contribution in [2.75, 3.05) is 7.11 Å². The number of methoxy groups -OCH3 is 1. The lowest BCUT2D eigenvalue weighted by atomic mass is 9.94. The number of Topliss-reactive ketones (excluding diaryl/α,β-unsaturated/α-hetero) is 1. The summed E-state index contributed by atoms with van der Waals surface area (Å²) in [7, 11) is 1.21. The molecule has 1 unspecified atom stereocenters. The number of aryl methyl sites for hydroxylation is 1. The molecule has 0 spiro atoms. The molecule has 0 saturated heterocycles. The Morgan fingerprint density at radius 1 is 1.41 bits per heavy atom. The summed E-state index contributed by atoms with van der Waals surface area (Å²) < 4.78 is 18.3. The van der Waals surface area contributed by atoms with Gasteiger partial charge in [-0.25, -0.2) is 4.39 Å². The summed E-state index contributed by atoms with van der Waals surface area (Å²) in [5.41, 5.74) is 0.331. The molecule has 1 aromatic carbocycles. The quantitative estimate of drug-likeness (QED) is 0.460. The maximum absolute atomic E-state index is 13.7. The molecular weight excluding hydrogens is 223 g/mol. The summed E-state index contributed by atoms with van der Waals surface area (Å²) in [5, 5.41) is 0. The van der Waals surface area contributed by atoms with E-state index in [0.717, 1.165) is 0 Å². The first kappa shape index (κ1) is 13.4. The van der Waals surface area contributed by atoms with Crippen LogP contribution in [0.5, 0.6) is 0 Å². The van der Waals surface area contributed by atoms with Crippen LogP contribution in [0.3, 0.4) is 0 Å². The second kappa shape index (κ2) is 5.57. The standard InChI is InChI=1S/C13H15FO3/c1-4-9(13(16)17-3)12(15)10-7-5-6-8(2)11(10)14/h5-7,9H,4H2,1-3H3. The predicted octanol–water partition coefficient (Wildman–Crippen LogP) is 2.52. The van der Waals surface area contributed by atoms with Crippen LogP contribution in [-0.4, -0.2) is 18.9 Å². The van der Waals surface area contributed by atoms with Gasteiger partial charge in [-0.1, -0.05) is 19.1 Å². The van der Waals surface area contributed by atoms with E-state index >= 15 is 0 Å². The average Bonchev–Trinajstić information content (AvgIpc) is 2.33. The number of rotatable bonds is 4. The van der Waals surface area contributed by atoms with Gasteiger partial charge in [-0.3, -0.25) is 9.59 Å². The zero-order chi connectivity index (χ0) is 13.0. The maximum Gasteiger partial charge on any atom is 0.316 e. The first-order valence-electron chi connectivity index (χ1n) is 5.40. The SMILES string of the molecule is CCC(C(=O)OC)C(=O)c1cccc(C)c1F. The van der Waals surface area contributed by atoms with Crippen LogP contribution in [0.2, 0.25) is 0 Å². The molecule has 0 aliphatic carbocycles. The molecule has 0 aliphatic heterocycles. The van der Waals surface area contributed by atoms with Crippen molar-refractivity contribution in [3.63, 3.8) is 0 Å². The number of benzene rings is 1. The van der Waals surface area contributed by atoms with E-state index in [2.05, 4.69) is 4.74 Å². The number of esters is 1. The monoisotopic (exact) mass is 238 g/mol. The molecule has 1 atom stereocenters. The van der Waals surface area contributed by atoms with Crippen LogP contribution in [0.15, 0.2) is 18.2 Å². The minimum Gasteiger partial charge on any atom is -0.468 e. The van der Waals surface area contributed by atoms with Gasteiger partial charge < -0.3 is 4.74 Å². The Balaban J connectivity index is 3.11. The minimum atomic E-state index is -0.934. The van der Waals surface area contributed by atoms with Gasteiger partial charge in [0.05, 0.1) is 12.7 Å². The summed E-state index contributed by atoms with van der Waals surface area (Å²) in [6.07, 6.45) is 0.291. The molecule has 0 aliphatic rings. The highest BCUT2D eigenvalue weighted by molar-refractivity contribution is 6.08. The fraction of sp³-hybridized carbons (Fsp3) is 0.385. The predicted molar refractivity (Wildman–Crippen MR) is 61.3 cm³/mol. The van der Waals surface area contributed by atoms with E-state index in [9.17, 15) is 14.0 Å². The lowest BCUT2D eigenvalue weighted by molar-refractivity contribution is -0.143. The van der Waals surface area contributed by atoms with Gasteiger partial charge in [0.15, 0.2) is 5.78 Å². The second-order valence-corrected chi connectivity index (χ2v) is 3.78. The molecule has 4 heteroatoms. The van der Waals surface area contributed by atoms with Crippen molar-refractivity contribution < 1.29 is 18.7 Å². The van der Waals surface area contributed by atoms with E-state index in [1.54, 1.807) is 26.0 Å². The van der Waals surface area contributed by atoms with Gasteiger partial charge in [-0.05, 0) is 25.0 Å². The molecule has 0 bridgehead atoms. The van der Waals surface area contributed by atoms with Crippen molar-refractivity contribution in [1.82, 2.24) is 0 Å². The van der Waals surface area contributed by atoms with Crippen LogP contribution in [0.4, 0.5) is 4.39 Å². The third-order valence-electron chi connectivity index (χ3n) is 2.67. The van der Waals surface area contributed by atoms with Crippen LogP contribution in [0.25, 0.3) is 0 Å². The molecule has 0 N–H and O–H groups in total. The van der Waals surface area contributed by atoms with Crippen molar-refractivity contribution in [3.05, 3.63) is 35.1 Å². The Hall–Kier alpha value is -1.71. The molecule has 0 amide bonds. The molecule has 1 rings (SSSR count). The third kappa shape index (κ3) is 2.70. The normalized spacial score (nSPS) is 12.0. The summed E-state index contributed by atoms with van der Waals surface area (Å²) in [5.74, 6) is -2.66. The number of ketones is 1. The summed E-state index contributed by atoms with van der Waals surface area (Å²) in [6, 6.07) is 4.55. The largest absolute Gasteiger partial charge is 0.468 e. The molecule has 0 aromatic heterocycles. The van der Waals surface area contributed by atoms with Crippen LogP contribution in [-0.2, 0) is 9.53 Å². The summed E-state index contributed by atoms with van der Waals surface area (Å²) in [4.78, 5) is 23.4. The fourth-order valence-corrected chi connectivity index (χ4v) is 1.63. The van der Waals surface area contributed by atoms with E-state index in [0.29, 0.717) is 12.0 Å². The van der Waals surface area contributed by atoms with E-state index in [1.165, 1.54) is 13.2 Å². The highest BCUT2D eigenvalue weighted by Gasteiger charge is 2.28.